The van der Waals surface area contributed by atoms with Gasteiger partial charge in [0.1, 0.15) is 5.75 Å². The minimum absolute atomic E-state index is 0.237. The highest BCUT2D eigenvalue weighted by Crippen LogP contribution is 2.32. The zero-order valence-corrected chi connectivity index (χ0v) is 16.6. The van der Waals surface area contributed by atoms with E-state index in [0.29, 0.717) is 0 Å². The molecule has 0 aliphatic carbocycles. The van der Waals surface area contributed by atoms with Crippen molar-refractivity contribution in [3.05, 3.63) is 59.2 Å². The minimum atomic E-state index is -0.654. The van der Waals surface area contributed by atoms with E-state index in [2.05, 4.69) is 38.3 Å². The summed E-state index contributed by atoms with van der Waals surface area (Å²) in [6.45, 7) is 8.55. The fraction of sp³-hybridized carbons (Fsp3) is 0.364. The molecule has 2 N–H and O–H groups in total. The summed E-state index contributed by atoms with van der Waals surface area (Å²) >= 11 is 0. The van der Waals surface area contributed by atoms with Crippen LogP contribution in [-0.2, 0) is 16.1 Å². The van der Waals surface area contributed by atoms with E-state index in [1.54, 1.807) is 7.11 Å². The summed E-state index contributed by atoms with van der Waals surface area (Å²) in [5.41, 5.74) is 3.68. The van der Waals surface area contributed by atoms with Gasteiger partial charge >= 0.3 is 11.8 Å². The summed E-state index contributed by atoms with van der Waals surface area (Å²) in [5.74, 6) is -0.0883. The Hall–Kier alpha value is -2.82. The van der Waals surface area contributed by atoms with Gasteiger partial charge in [0, 0.05) is 12.2 Å². The molecule has 0 atom stereocenters. The lowest BCUT2D eigenvalue weighted by Crippen LogP contribution is -2.35. The topological polar surface area (TPSA) is 67.4 Å². The van der Waals surface area contributed by atoms with E-state index >= 15 is 0 Å². The fourth-order valence-electron chi connectivity index (χ4n) is 2.87. The minimum Gasteiger partial charge on any atom is -0.497 e. The van der Waals surface area contributed by atoms with Gasteiger partial charge in [-0.25, -0.2) is 0 Å². The van der Waals surface area contributed by atoms with E-state index in [9.17, 15) is 9.59 Å². The third kappa shape index (κ3) is 5.33. The lowest BCUT2D eigenvalue weighted by Gasteiger charge is -2.20. The molecule has 27 heavy (non-hydrogen) atoms. The Kier molecular flexibility index (Phi) is 6.99. The lowest BCUT2D eigenvalue weighted by atomic mass is 9.92. The number of ether oxygens (including phenoxy) is 1. The standard InChI is InChI=1S/C22H28N2O3/c1-14(2)18-7-6-8-19(15(3)4)20(18)24-22(26)21(25)23-13-16-9-11-17(27-5)12-10-16/h6-12,14-15H,13H2,1-5H3,(H,23,25)(H,24,26). The smallest absolute Gasteiger partial charge is 0.313 e. The molecule has 5 nitrogen and oxygen atoms in total. The zero-order valence-electron chi connectivity index (χ0n) is 16.6. The first-order valence-corrected chi connectivity index (χ1v) is 9.18. The fourth-order valence-corrected chi connectivity index (χ4v) is 2.87. The number of rotatable bonds is 6. The van der Waals surface area contributed by atoms with Crippen molar-refractivity contribution in [3.63, 3.8) is 0 Å². The van der Waals surface area contributed by atoms with Crippen molar-refractivity contribution < 1.29 is 14.3 Å². The molecular formula is C22H28N2O3. The van der Waals surface area contributed by atoms with Gasteiger partial charge in [-0.2, -0.15) is 0 Å². The van der Waals surface area contributed by atoms with Crippen LogP contribution in [0.3, 0.4) is 0 Å². The molecule has 0 fully saturated rings. The van der Waals surface area contributed by atoms with Crippen molar-refractivity contribution in [2.45, 2.75) is 46.1 Å². The van der Waals surface area contributed by atoms with Crippen LogP contribution < -0.4 is 15.4 Å². The predicted octanol–water partition coefficient (Wildman–Crippen LogP) is 4.20. The first-order chi connectivity index (χ1) is 12.8. The Balaban J connectivity index is 2.08. The van der Waals surface area contributed by atoms with Gasteiger partial charge in [0.15, 0.2) is 0 Å². The van der Waals surface area contributed by atoms with Crippen LogP contribution in [0.5, 0.6) is 5.75 Å². The van der Waals surface area contributed by atoms with Gasteiger partial charge in [-0.05, 0) is 40.7 Å². The summed E-state index contributed by atoms with van der Waals surface area (Å²) < 4.78 is 5.11. The average molecular weight is 368 g/mol. The highest BCUT2D eigenvalue weighted by Gasteiger charge is 2.19. The van der Waals surface area contributed by atoms with Crippen molar-refractivity contribution in [2.24, 2.45) is 0 Å². The highest BCUT2D eigenvalue weighted by molar-refractivity contribution is 6.39. The molecule has 0 spiro atoms. The Morgan fingerprint density at radius 3 is 1.93 bits per heavy atom. The van der Waals surface area contributed by atoms with Crippen LogP contribution in [0.2, 0.25) is 0 Å². The predicted molar refractivity (Wildman–Crippen MR) is 108 cm³/mol. The molecule has 2 aromatic rings. The van der Waals surface area contributed by atoms with Crippen molar-refractivity contribution in [2.75, 3.05) is 12.4 Å². The van der Waals surface area contributed by atoms with Crippen LogP contribution in [0, 0.1) is 0 Å². The summed E-state index contributed by atoms with van der Waals surface area (Å²) in [6, 6.07) is 13.3. The Bertz CT molecular complexity index is 769. The SMILES string of the molecule is COc1ccc(CNC(=O)C(=O)Nc2c(C(C)C)cccc2C(C)C)cc1. The third-order valence-electron chi connectivity index (χ3n) is 4.43. The van der Waals surface area contributed by atoms with Gasteiger partial charge in [0.25, 0.3) is 0 Å². The Morgan fingerprint density at radius 2 is 1.44 bits per heavy atom. The van der Waals surface area contributed by atoms with Crippen molar-refractivity contribution in [1.29, 1.82) is 0 Å². The second-order valence-corrected chi connectivity index (χ2v) is 7.11. The summed E-state index contributed by atoms with van der Waals surface area (Å²) in [7, 11) is 1.60. The van der Waals surface area contributed by atoms with E-state index < -0.39 is 11.8 Å². The number of carbonyl (C=O) groups excluding carboxylic acids is 2. The number of carbonyl (C=O) groups is 2. The van der Waals surface area contributed by atoms with Crippen LogP contribution in [-0.4, -0.2) is 18.9 Å². The average Bonchev–Trinajstić information content (AvgIpc) is 2.66. The molecule has 2 aromatic carbocycles. The molecule has 0 aliphatic rings. The number of hydrogen-bond donors (Lipinski definition) is 2. The van der Waals surface area contributed by atoms with Crippen LogP contribution in [0.25, 0.3) is 0 Å². The summed E-state index contributed by atoms with van der Waals surface area (Å²) in [4.78, 5) is 24.7. The maximum atomic E-state index is 12.4. The van der Waals surface area contributed by atoms with Gasteiger partial charge in [0.05, 0.1) is 7.11 Å². The van der Waals surface area contributed by atoms with E-state index in [1.807, 2.05) is 42.5 Å². The normalized spacial score (nSPS) is 10.8. The molecule has 0 bridgehead atoms. The molecule has 0 heterocycles. The number of hydrogen-bond acceptors (Lipinski definition) is 3. The van der Waals surface area contributed by atoms with E-state index in [1.165, 1.54) is 0 Å². The van der Waals surface area contributed by atoms with Gasteiger partial charge in [-0.1, -0.05) is 58.0 Å². The largest absolute Gasteiger partial charge is 0.497 e. The summed E-state index contributed by atoms with van der Waals surface area (Å²) in [6.07, 6.45) is 0. The Labute approximate surface area is 161 Å². The zero-order chi connectivity index (χ0) is 20.0. The first-order valence-electron chi connectivity index (χ1n) is 9.18. The highest BCUT2D eigenvalue weighted by atomic mass is 16.5. The second kappa shape index (κ2) is 9.21. The number of nitrogens with one attached hydrogen (secondary N) is 2. The molecular weight excluding hydrogens is 340 g/mol. The maximum absolute atomic E-state index is 12.4. The maximum Gasteiger partial charge on any atom is 0.313 e. The van der Waals surface area contributed by atoms with Crippen LogP contribution in [0.4, 0.5) is 5.69 Å². The van der Waals surface area contributed by atoms with Gasteiger partial charge in [-0.3, -0.25) is 9.59 Å². The number of benzene rings is 2. The molecule has 0 saturated heterocycles. The van der Waals surface area contributed by atoms with Crippen LogP contribution in [0.1, 0.15) is 56.2 Å². The molecule has 5 heteroatoms. The molecule has 144 valence electrons. The molecule has 0 saturated carbocycles. The molecule has 0 aromatic heterocycles. The Morgan fingerprint density at radius 1 is 0.889 bits per heavy atom. The molecule has 2 amide bonds. The number of para-hydroxylation sites is 1. The third-order valence-corrected chi connectivity index (χ3v) is 4.43. The van der Waals surface area contributed by atoms with E-state index in [-0.39, 0.29) is 18.4 Å². The quantitative estimate of drug-likeness (QED) is 0.751. The van der Waals surface area contributed by atoms with Gasteiger partial charge < -0.3 is 15.4 Å². The van der Waals surface area contributed by atoms with Crippen molar-refractivity contribution in [1.82, 2.24) is 5.32 Å². The lowest BCUT2D eigenvalue weighted by molar-refractivity contribution is -0.136. The summed E-state index contributed by atoms with van der Waals surface area (Å²) in [5, 5.41) is 5.49. The second-order valence-electron chi connectivity index (χ2n) is 7.11. The first kappa shape index (κ1) is 20.5. The number of anilines is 1. The monoisotopic (exact) mass is 368 g/mol. The van der Waals surface area contributed by atoms with E-state index in [4.69, 9.17) is 4.74 Å². The van der Waals surface area contributed by atoms with Crippen LogP contribution >= 0.6 is 0 Å². The van der Waals surface area contributed by atoms with Crippen LogP contribution in [0.15, 0.2) is 42.5 Å². The number of methoxy groups -OCH3 is 1. The van der Waals surface area contributed by atoms with Crippen molar-refractivity contribution in [3.8, 4) is 5.75 Å². The van der Waals surface area contributed by atoms with E-state index in [0.717, 1.165) is 28.1 Å². The molecule has 2 rings (SSSR count). The van der Waals surface area contributed by atoms with Crippen molar-refractivity contribution >= 4 is 17.5 Å². The molecule has 0 aliphatic heterocycles. The van der Waals surface area contributed by atoms with Gasteiger partial charge in [-0.15, -0.1) is 0 Å². The number of amides is 2. The molecule has 0 unspecified atom stereocenters. The van der Waals surface area contributed by atoms with Gasteiger partial charge in [0.2, 0.25) is 0 Å². The molecule has 0 radical (unpaired) electrons.